The Morgan fingerprint density at radius 2 is 1.90 bits per heavy atom. The molecule has 2 aromatic carbocycles. The summed E-state index contributed by atoms with van der Waals surface area (Å²) in [7, 11) is 0. The van der Waals surface area contributed by atoms with Crippen LogP contribution in [-0.4, -0.2) is 9.55 Å². The molecule has 0 fully saturated rings. The highest BCUT2D eigenvalue weighted by molar-refractivity contribution is 7.71. The molecule has 1 aromatic heterocycles. The fraction of sp³-hybridized carbons (Fsp3) is 0.176. The zero-order chi connectivity index (χ0) is 15.0. The van der Waals surface area contributed by atoms with Gasteiger partial charge in [0.05, 0.1) is 28.7 Å². The van der Waals surface area contributed by atoms with Crippen molar-refractivity contribution in [3.05, 3.63) is 63.9 Å². The van der Waals surface area contributed by atoms with E-state index in [1.165, 1.54) is 11.1 Å². The van der Waals surface area contributed by atoms with Gasteiger partial charge in [0.25, 0.3) is 0 Å². The van der Waals surface area contributed by atoms with Gasteiger partial charge >= 0.3 is 0 Å². The van der Waals surface area contributed by atoms with Crippen molar-refractivity contribution in [2.45, 2.75) is 19.9 Å². The number of benzene rings is 2. The average Bonchev–Trinajstić information content (AvgIpc) is 2.82. The molecule has 0 bridgehead atoms. The molecule has 1 atom stereocenters. The molecule has 1 N–H and O–H groups in total. The van der Waals surface area contributed by atoms with E-state index in [-0.39, 0.29) is 6.04 Å². The predicted octanol–water partition coefficient (Wildman–Crippen LogP) is 4.49. The summed E-state index contributed by atoms with van der Waals surface area (Å²) in [6.07, 6.45) is 0. The molecule has 21 heavy (non-hydrogen) atoms. The van der Waals surface area contributed by atoms with Crippen LogP contribution in [0.15, 0.2) is 42.5 Å². The van der Waals surface area contributed by atoms with Gasteiger partial charge in [0.2, 0.25) is 0 Å². The number of hydrogen-bond acceptors (Lipinski definition) is 2. The van der Waals surface area contributed by atoms with Gasteiger partial charge in [0, 0.05) is 0 Å². The number of aromatic nitrogens is 2. The number of nitriles is 1. The molecule has 3 nitrogen and oxygen atoms in total. The highest BCUT2D eigenvalue weighted by Gasteiger charge is 2.13. The van der Waals surface area contributed by atoms with Gasteiger partial charge in [-0.3, -0.25) is 0 Å². The number of fused-ring (bicyclic) bond motifs is 1. The monoisotopic (exact) mass is 293 g/mol. The minimum absolute atomic E-state index is 0.112. The number of nitrogens with zero attached hydrogens (tertiary/aromatic N) is 2. The molecule has 1 heterocycles. The lowest BCUT2D eigenvalue weighted by Gasteiger charge is -2.15. The molecule has 0 radical (unpaired) electrons. The molecule has 3 aromatic rings. The first kappa shape index (κ1) is 13.6. The molecule has 3 rings (SSSR count). The Morgan fingerprint density at radius 3 is 2.57 bits per heavy atom. The van der Waals surface area contributed by atoms with Crippen molar-refractivity contribution in [2.24, 2.45) is 0 Å². The molecule has 0 saturated carbocycles. The predicted molar refractivity (Wildman–Crippen MR) is 86.8 cm³/mol. The third kappa shape index (κ3) is 2.37. The van der Waals surface area contributed by atoms with Crippen LogP contribution in [-0.2, 0) is 0 Å². The van der Waals surface area contributed by atoms with Crippen molar-refractivity contribution in [3.63, 3.8) is 0 Å². The molecule has 0 aliphatic heterocycles. The first-order valence-electron chi connectivity index (χ1n) is 6.81. The topological polar surface area (TPSA) is 44.5 Å². The molecule has 0 spiro atoms. The van der Waals surface area contributed by atoms with Crippen LogP contribution in [0.1, 0.15) is 29.7 Å². The smallest absolute Gasteiger partial charge is 0.178 e. The van der Waals surface area contributed by atoms with Crippen LogP contribution in [0.2, 0.25) is 0 Å². The van der Waals surface area contributed by atoms with Gasteiger partial charge in [-0.25, -0.2) is 0 Å². The summed E-state index contributed by atoms with van der Waals surface area (Å²) < 4.78 is 2.74. The third-order valence-electron chi connectivity index (χ3n) is 3.79. The second-order valence-electron chi connectivity index (χ2n) is 5.23. The van der Waals surface area contributed by atoms with E-state index in [9.17, 15) is 0 Å². The molecule has 4 heteroatoms. The summed E-state index contributed by atoms with van der Waals surface area (Å²) in [5, 5.41) is 9.09. The van der Waals surface area contributed by atoms with E-state index in [1.807, 2.05) is 12.1 Å². The second kappa shape index (κ2) is 5.19. The second-order valence-corrected chi connectivity index (χ2v) is 5.62. The largest absolute Gasteiger partial charge is 0.331 e. The Kier molecular flexibility index (Phi) is 3.36. The van der Waals surface area contributed by atoms with Crippen molar-refractivity contribution < 1.29 is 0 Å². The summed E-state index contributed by atoms with van der Waals surface area (Å²) in [5.74, 6) is 0. The van der Waals surface area contributed by atoms with Crippen LogP contribution in [0.4, 0.5) is 0 Å². The van der Waals surface area contributed by atoms with Crippen LogP contribution in [0.5, 0.6) is 0 Å². The lowest BCUT2D eigenvalue weighted by atomic mass is 10.1. The lowest BCUT2D eigenvalue weighted by Crippen LogP contribution is -2.06. The first-order valence-corrected chi connectivity index (χ1v) is 7.22. The summed E-state index contributed by atoms with van der Waals surface area (Å²) in [4.78, 5) is 3.21. The zero-order valence-corrected chi connectivity index (χ0v) is 12.7. The fourth-order valence-electron chi connectivity index (χ4n) is 2.57. The van der Waals surface area contributed by atoms with Crippen molar-refractivity contribution in [2.75, 3.05) is 0 Å². The molecule has 104 valence electrons. The number of nitrogens with one attached hydrogen (secondary N) is 1. The van der Waals surface area contributed by atoms with Crippen molar-refractivity contribution in [3.8, 4) is 6.07 Å². The molecule has 0 aliphatic carbocycles. The highest BCUT2D eigenvalue weighted by Crippen LogP contribution is 2.25. The van der Waals surface area contributed by atoms with Crippen LogP contribution in [0, 0.1) is 23.0 Å². The number of rotatable bonds is 2. The van der Waals surface area contributed by atoms with Gasteiger partial charge in [-0.15, -0.1) is 0 Å². The number of hydrogen-bond donors (Lipinski definition) is 1. The molecule has 1 unspecified atom stereocenters. The summed E-state index contributed by atoms with van der Waals surface area (Å²) in [5.41, 5.74) is 4.99. The Bertz CT molecular complexity index is 894. The van der Waals surface area contributed by atoms with E-state index in [2.05, 4.69) is 53.7 Å². The SMILES string of the molecule is Cc1ccc(C(C)n2c(=S)[nH]c3ccc(C#N)cc32)cc1. The number of imidazole rings is 1. The van der Waals surface area contributed by atoms with Gasteiger partial charge in [-0.2, -0.15) is 5.26 Å². The van der Waals surface area contributed by atoms with E-state index in [1.54, 1.807) is 6.07 Å². The van der Waals surface area contributed by atoms with Crippen LogP contribution in [0.25, 0.3) is 11.0 Å². The van der Waals surface area contributed by atoms with Crippen molar-refractivity contribution >= 4 is 23.3 Å². The molecule has 0 saturated heterocycles. The zero-order valence-electron chi connectivity index (χ0n) is 11.9. The number of aromatic amines is 1. The van der Waals surface area contributed by atoms with E-state index < -0.39 is 0 Å². The van der Waals surface area contributed by atoms with Gasteiger partial charge in [-0.05, 0) is 49.8 Å². The van der Waals surface area contributed by atoms with Gasteiger partial charge in [0.15, 0.2) is 4.77 Å². The third-order valence-corrected chi connectivity index (χ3v) is 4.09. The maximum Gasteiger partial charge on any atom is 0.178 e. The van der Waals surface area contributed by atoms with Crippen molar-refractivity contribution in [1.29, 1.82) is 5.26 Å². The highest BCUT2D eigenvalue weighted by atomic mass is 32.1. The molecular formula is C17H15N3S. The van der Waals surface area contributed by atoms with Gasteiger partial charge in [-0.1, -0.05) is 29.8 Å². The first-order chi connectivity index (χ1) is 10.1. The van der Waals surface area contributed by atoms with Crippen molar-refractivity contribution in [1.82, 2.24) is 9.55 Å². The Balaban J connectivity index is 2.19. The summed E-state index contributed by atoms with van der Waals surface area (Å²) in [6, 6.07) is 16.3. The average molecular weight is 293 g/mol. The maximum atomic E-state index is 9.09. The molecule has 0 aliphatic rings. The fourth-order valence-corrected chi connectivity index (χ4v) is 2.94. The van der Waals surface area contributed by atoms with E-state index in [0.717, 1.165) is 11.0 Å². The standard InChI is InChI=1S/C17H15N3S/c1-11-3-6-14(7-4-11)12(2)20-16-9-13(10-18)5-8-15(16)19-17(20)21/h3-9,12H,1-2H3,(H,19,21). The van der Waals surface area contributed by atoms with E-state index >= 15 is 0 Å². The number of aryl methyl sites for hydroxylation is 1. The lowest BCUT2D eigenvalue weighted by molar-refractivity contribution is 0.649. The van der Waals surface area contributed by atoms with Gasteiger partial charge < -0.3 is 9.55 Å². The number of H-pyrrole nitrogens is 1. The quantitative estimate of drug-likeness (QED) is 0.708. The summed E-state index contributed by atoms with van der Waals surface area (Å²) in [6.45, 7) is 4.19. The maximum absolute atomic E-state index is 9.09. The van der Waals surface area contributed by atoms with E-state index in [4.69, 9.17) is 17.5 Å². The Hall–Kier alpha value is -2.38. The van der Waals surface area contributed by atoms with Crippen LogP contribution < -0.4 is 0 Å². The van der Waals surface area contributed by atoms with Gasteiger partial charge in [0.1, 0.15) is 0 Å². The van der Waals surface area contributed by atoms with Crippen LogP contribution >= 0.6 is 12.2 Å². The molecule has 0 amide bonds. The molecular weight excluding hydrogens is 278 g/mol. The normalized spacial score (nSPS) is 12.2. The van der Waals surface area contributed by atoms with Crippen LogP contribution in [0.3, 0.4) is 0 Å². The minimum atomic E-state index is 0.112. The Morgan fingerprint density at radius 1 is 1.19 bits per heavy atom. The van der Waals surface area contributed by atoms with E-state index in [0.29, 0.717) is 10.3 Å². The Labute approximate surface area is 128 Å². The minimum Gasteiger partial charge on any atom is -0.331 e. The summed E-state index contributed by atoms with van der Waals surface area (Å²) >= 11 is 5.46.